The molecule has 2 N–H and O–H groups in total. The van der Waals surface area contributed by atoms with Gasteiger partial charge in [-0.15, -0.1) is 0 Å². The standard InChI is InChI=1S/C14H17N3O4/c1-17-10-6-4-3-5-9(10)11(14(17)20)16-13(19)12(18)15-7-8-21-2/h3-6,11H,7-8H2,1-2H3,(H,15,18)(H,16,19)/t11-/m1/s1. The first-order valence-electron chi connectivity index (χ1n) is 6.50. The Labute approximate surface area is 122 Å². The van der Waals surface area contributed by atoms with Crippen molar-refractivity contribution in [3.63, 3.8) is 0 Å². The molecule has 0 saturated carbocycles. The van der Waals surface area contributed by atoms with Crippen LogP contribution in [0.1, 0.15) is 11.6 Å². The van der Waals surface area contributed by atoms with Crippen LogP contribution in [-0.4, -0.2) is 45.0 Å². The minimum absolute atomic E-state index is 0.234. The van der Waals surface area contributed by atoms with E-state index in [1.54, 1.807) is 25.2 Å². The van der Waals surface area contributed by atoms with E-state index >= 15 is 0 Å². The third-order valence-electron chi connectivity index (χ3n) is 3.26. The second kappa shape index (κ2) is 6.36. The summed E-state index contributed by atoms with van der Waals surface area (Å²) in [6, 6.07) is 6.31. The minimum Gasteiger partial charge on any atom is -0.383 e. The lowest BCUT2D eigenvalue weighted by molar-refractivity contribution is -0.140. The average Bonchev–Trinajstić information content (AvgIpc) is 2.73. The van der Waals surface area contributed by atoms with E-state index in [4.69, 9.17) is 4.74 Å². The Hall–Kier alpha value is -2.41. The molecule has 7 heteroatoms. The third kappa shape index (κ3) is 3.03. The number of likely N-dealkylation sites (N-methyl/N-ethyl adjacent to an activating group) is 1. The number of amides is 3. The molecule has 1 aromatic carbocycles. The number of nitrogens with one attached hydrogen (secondary N) is 2. The summed E-state index contributed by atoms with van der Waals surface area (Å²) in [5.74, 6) is -1.89. The van der Waals surface area contributed by atoms with Crippen LogP contribution in [0.25, 0.3) is 0 Å². The maximum Gasteiger partial charge on any atom is 0.310 e. The number of ether oxygens (including phenoxy) is 1. The normalized spacial score (nSPS) is 16.6. The van der Waals surface area contributed by atoms with Crippen LogP contribution < -0.4 is 15.5 Å². The lowest BCUT2D eigenvalue weighted by atomic mass is 10.1. The second-order valence-corrected chi connectivity index (χ2v) is 4.61. The molecule has 3 amide bonds. The molecule has 0 fully saturated rings. The van der Waals surface area contributed by atoms with E-state index in [0.717, 1.165) is 5.69 Å². The fraction of sp³-hybridized carbons (Fsp3) is 0.357. The van der Waals surface area contributed by atoms with Crippen molar-refractivity contribution in [1.29, 1.82) is 0 Å². The maximum atomic E-state index is 12.1. The smallest absolute Gasteiger partial charge is 0.310 e. The lowest BCUT2D eigenvalue weighted by Gasteiger charge is -2.12. The van der Waals surface area contributed by atoms with E-state index in [9.17, 15) is 14.4 Å². The van der Waals surface area contributed by atoms with Crippen LogP contribution in [0.3, 0.4) is 0 Å². The summed E-state index contributed by atoms with van der Waals surface area (Å²) in [5, 5.41) is 4.87. The molecule has 0 spiro atoms. The number of fused-ring (bicyclic) bond motifs is 1. The summed E-state index contributed by atoms with van der Waals surface area (Å²) in [4.78, 5) is 37.0. The van der Waals surface area contributed by atoms with Gasteiger partial charge in [0, 0.05) is 32.0 Å². The number of para-hydroxylation sites is 1. The number of anilines is 1. The Morgan fingerprint density at radius 3 is 2.71 bits per heavy atom. The van der Waals surface area contributed by atoms with E-state index in [1.165, 1.54) is 12.0 Å². The van der Waals surface area contributed by atoms with Gasteiger partial charge >= 0.3 is 11.8 Å². The lowest BCUT2D eigenvalue weighted by Crippen LogP contribution is -2.44. The van der Waals surface area contributed by atoms with Crippen LogP contribution in [0.2, 0.25) is 0 Å². The molecule has 0 aromatic heterocycles. The Morgan fingerprint density at radius 2 is 2.00 bits per heavy atom. The SMILES string of the molecule is COCCNC(=O)C(=O)N[C@H]1C(=O)N(C)c2ccccc21. The molecule has 0 saturated heterocycles. The Bertz CT molecular complexity index is 573. The van der Waals surface area contributed by atoms with Gasteiger partial charge in [0.05, 0.1) is 6.61 Å². The topological polar surface area (TPSA) is 87.7 Å². The average molecular weight is 291 g/mol. The van der Waals surface area contributed by atoms with Crippen molar-refractivity contribution in [3.05, 3.63) is 29.8 Å². The second-order valence-electron chi connectivity index (χ2n) is 4.61. The molecule has 112 valence electrons. The molecular weight excluding hydrogens is 274 g/mol. The zero-order valence-corrected chi connectivity index (χ0v) is 11.9. The first-order chi connectivity index (χ1) is 10.1. The highest BCUT2D eigenvalue weighted by Crippen LogP contribution is 2.34. The van der Waals surface area contributed by atoms with Gasteiger partial charge in [-0.25, -0.2) is 0 Å². The highest BCUT2D eigenvalue weighted by atomic mass is 16.5. The molecule has 2 rings (SSSR count). The summed E-state index contributed by atoms with van der Waals surface area (Å²) in [6.07, 6.45) is 0. The molecule has 0 bridgehead atoms. The van der Waals surface area contributed by atoms with E-state index in [1.807, 2.05) is 6.07 Å². The fourth-order valence-electron chi connectivity index (χ4n) is 2.17. The summed E-state index contributed by atoms with van der Waals surface area (Å²) in [5.41, 5.74) is 1.41. The Morgan fingerprint density at radius 1 is 1.29 bits per heavy atom. The van der Waals surface area contributed by atoms with Crippen LogP contribution in [0.15, 0.2) is 24.3 Å². The number of benzene rings is 1. The molecule has 1 aliphatic rings. The third-order valence-corrected chi connectivity index (χ3v) is 3.26. The van der Waals surface area contributed by atoms with Crippen LogP contribution in [0, 0.1) is 0 Å². The molecule has 21 heavy (non-hydrogen) atoms. The van der Waals surface area contributed by atoms with E-state index < -0.39 is 17.9 Å². The quantitative estimate of drug-likeness (QED) is 0.583. The van der Waals surface area contributed by atoms with Crippen molar-refractivity contribution in [3.8, 4) is 0 Å². The first-order valence-corrected chi connectivity index (χ1v) is 6.50. The number of hydrogen-bond acceptors (Lipinski definition) is 4. The summed E-state index contributed by atoms with van der Waals surface area (Å²) >= 11 is 0. The van der Waals surface area contributed by atoms with Gasteiger partial charge in [0.25, 0.3) is 5.91 Å². The van der Waals surface area contributed by atoms with Gasteiger partial charge in [-0.3, -0.25) is 14.4 Å². The van der Waals surface area contributed by atoms with Crippen molar-refractivity contribution in [1.82, 2.24) is 10.6 Å². The number of nitrogens with zero attached hydrogens (tertiary/aromatic N) is 1. The summed E-state index contributed by atoms with van der Waals surface area (Å²) < 4.78 is 4.78. The number of rotatable bonds is 4. The van der Waals surface area contributed by atoms with Crippen LogP contribution >= 0.6 is 0 Å². The zero-order valence-electron chi connectivity index (χ0n) is 11.9. The predicted molar refractivity (Wildman–Crippen MR) is 75.6 cm³/mol. The number of methoxy groups -OCH3 is 1. The minimum atomic E-state index is -0.838. The van der Waals surface area contributed by atoms with E-state index in [2.05, 4.69) is 10.6 Å². The predicted octanol–water partition coefficient (Wildman–Crippen LogP) is -0.417. The molecule has 7 nitrogen and oxygen atoms in total. The summed E-state index contributed by atoms with van der Waals surface area (Å²) in [6.45, 7) is 0.546. The largest absolute Gasteiger partial charge is 0.383 e. The highest BCUT2D eigenvalue weighted by molar-refractivity contribution is 6.35. The van der Waals surface area contributed by atoms with Crippen molar-refractivity contribution < 1.29 is 19.1 Å². The number of carbonyl (C=O) groups excluding carboxylic acids is 3. The van der Waals surface area contributed by atoms with Gasteiger partial charge in [0.2, 0.25) is 0 Å². The van der Waals surface area contributed by atoms with Crippen molar-refractivity contribution in [2.24, 2.45) is 0 Å². The van der Waals surface area contributed by atoms with Crippen molar-refractivity contribution >= 4 is 23.4 Å². The monoisotopic (exact) mass is 291 g/mol. The van der Waals surface area contributed by atoms with Gasteiger partial charge < -0.3 is 20.3 Å². The van der Waals surface area contributed by atoms with Crippen molar-refractivity contribution in [2.75, 3.05) is 32.2 Å². The molecule has 1 aromatic rings. The van der Waals surface area contributed by atoms with Gasteiger partial charge in [-0.05, 0) is 6.07 Å². The Balaban J connectivity index is 2.04. The zero-order chi connectivity index (χ0) is 15.4. The molecule has 1 atom stereocenters. The molecule has 1 aliphatic heterocycles. The van der Waals surface area contributed by atoms with Gasteiger partial charge in [0.1, 0.15) is 6.04 Å². The molecule has 1 heterocycles. The molecule has 0 aliphatic carbocycles. The fourth-order valence-corrected chi connectivity index (χ4v) is 2.17. The number of hydrogen-bond donors (Lipinski definition) is 2. The van der Waals surface area contributed by atoms with E-state index in [-0.39, 0.29) is 12.5 Å². The van der Waals surface area contributed by atoms with Gasteiger partial charge in [-0.2, -0.15) is 0 Å². The molecule has 0 radical (unpaired) electrons. The van der Waals surface area contributed by atoms with Crippen LogP contribution in [0.5, 0.6) is 0 Å². The van der Waals surface area contributed by atoms with E-state index in [0.29, 0.717) is 12.2 Å². The molecule has 0 unspecified atom stereocenters. The maximum absolute atomic E-state index is 12.1. The van der Waals surface area contributed by atoms with Crippen LogP contribution in [-0.2, 0) is 19.1 Å². The van der Waals surface area contributed by atoms with Crippen molar-refractivity contribution in [2.45, 2.75) is 6.04 Å². The number of carbonyl (C=O) groups is 3. The first kappa shape index (κ1) is 15.0. The van der Waals surface area contributed by atoms with Gasteiger partial charge in [0.15, 0.2) is 0 Å². The Kier molecular flexibility index (Phi) is 4.54. The highest BCUT2D eigenvalue weighted by Gasteiger charge is 2.36. The van der Waals surface area contributed by atoms with Gasteiger partial charge in [-0.1, -0.05) is 18.2 Å². The van der Waals surface area contributed by atoms with Crippen LogP contribution in [0.4, 0.5) is 5.69 Å². The summed E-state index contributed by atoms with van der Waals surface area (Å²) in [7, 11) is 3.13. The molecular formula is C14H17N3O4.